The molecular weight excluding hydrogens is 164 g/mol. The zero-order valence-corrected chi connectivity index (χ0v) is 7.08. The molecule has 3 heteroatoms. The van der Waals surface area contributed by atoms with Gasteiger partial charge >= 0.3 is 0 Å². The summed E-state index contributed by atoms with van der Waals surface area (Å²) < 4.78 is 0. The Morgan fingerprint density at radius 2 is 2.31 bits per heavy atom. The highest BCUT2D eigenvalue weighted by Gasteiger charge is 1.96. The predicted octanol–water partition coefficient (Wildman–Crippen LogP) is 1.30. The van der Waals surface area contributed by atoms with Gasteiger partial charge < -0.3 is 4.98 Å². The van der Waals surface area contributed by atoms with Crippen LogP contribution in [0.3, 0.4) is 0 Å². The summed E-state index contributed by atoms with van der Waals surface area (Å²) in [7, 11) is 0. The molecule has 1 radical (unpaired) electrons. The summed E-state index contributed by atoms with van der Waals surface area (Å²) >= 11 is 0. The SMILES string of the molecule is [CH2]Cc1cnc2ccc(=O)[nH]c2c1. The highest BCUT2D eigenvalue weighted by Crippen LogP contribution is 2.08. The van der Waals surface area contributed by atoms with E-state index in [0.717, 1.165) is 16.6 Å². The van der Waals surface area contributed by atoms with Crippen LogP contribution in [0.15, 0.2) is 29.2 Å². The predicted molar refractivity (Wildman–Crippen MR) is 51.4 cm³/mol. The summed E-state index contributed by atoms with van der Waals surface area (Å²) in [5, 5.41) is 0. The summed E-state index contributed by atoms with van der Waals surface area (Å²) in [6, 6.07) is 5.08. The Morgan fingerprint density at radius 1 is 1.46 bits per heavy atom. The molecule has 2 aromatic rings. The van der Waals surface area contributed by atoms with Crippen molar-refractivity contribution >= 4 is 11.0 Å². The van der Waals surface area contributed by atoms with Gasteiger partial charge in [0.2, 0.25) is 5.56 Å². The van der Waals surface area contributed by atoms with Crippen LogP contribution in [-0.4, -0.2) is 9.97 Å². The number of hydrogen-bond acceptors (Lipinski definition) is 2. The van der Waals surface area contributed by atoms with Crippen molar-refractivity contribution in [2.45, 2.75) is 6.42 Å². The third-order valence-corrected chi connectivity index (χ3v) is 1.91. The Kier molecular flexibility index (Phi) is 1.85. The minimum absolute atomic E-state index is 0.101. The smallest absolute Gasteiger partial charge is 0.248 e. The maximum atomic E-state index is 11.0. The Hall–Kier alpha value is -1.64. The maximum Gasteiger partial charge on any atom is 0.248 e. The van der Waals surface area contributed by atoms with Crippen molar-refractivity contribution in [1.29, 1.82) is 0 Å². The number of aromatic amines is 1. The number of fused-ring (bicyclic) bond motifs is 1. The minimum atomic E-state index is -0.101. The molecule has 1 N–H and O–H groups in total. The lowest BCUT2D eigenvalue weighted by atomic mass is 10.2. The molecule has 0 spiro atoms. The normalized spacial score (nSPS) is 10.5. The fourth-order valence-corrected chi connectivity index (χ4v) is 1.22. The molecule has 2 aromatic heterocycles. The first-order valence-electron chi connectivity index (χ1n) is 4.07. The molecule has 0 saturated carbocycles. The first-order chi connectivity index (χ1) is 6.29. The third kappa shape index (κ3) is 1.45. The van der Waals surface area contributed by atoms with Gasteiger partial charge in [0.1, 0.15) is 0 Å². The molecule has 3 nitrogen and oxygen atoms in total. The van der Waals surface area contributed by atoms with Gasteiger partial charge in [0.15, 0.2) is 0 Å². The fourth-order valence-electron chi connectivity index (χ4n) is 1.22. The molecule has 2 rings (SSSR count). The molecule has 0 aliphatic heterocycles. The Bertz CT molecular complexity index is 487. The van der Waals surface area contributed by atoms with Gasteiger partial charge in [-0.2, -0.15) is 0 Å². The molecule has 0 bridgehead atoms. The number of aromatic nitrogens is 2. The van der Waals surface area contributed by atoms with Crippen LogP contribution < -0.4 is 5.56 Å². The summed E-state index contributed by atoms with van der Waals surface area (Å²) in [5.41, 5.74) is 2.50. The number of nitrogens with one attached hydrogen (secondary N) is 1. The first-order valence-corrected chi connectivity index (χ1v) is 4.07. The number of hydrogen-bond donors (Lipinski definition) is 1. The molecule has 0 fully saturated rings. The van der Waals surface area contributed by atoms with Crippen molar-refractivity contribution in [1.82, 2.24) is 9.97 Å². The van der Waals surface area contributed by atoms with Gasteiger partial charge in [0.25, 0.3) is 0 Å². The summed E-state index contributed by atoms with van der Waals surface area (Å²) in [6.07, 6.45) is 2.45. The highest BCUT2D eigenvalue weighted by atomic mass is 16.1. The van der Waals surface area contributed by atoms with Gasteiger partial charge in [-0.1, -0.05) is 0 Å². The van der Waals surface area contributed by atoms with Crippen LogP contribution in [0.2, 0.25) is 0 Å². The van der Waals surface area contributed by atoms with E-state index < -0.39 is 0 Å². The average molecular weight is 173 g/mol. The van der Waals surface area contributed by atoms with Crippen LogP contribution in [0.4, 0.5) is 0 Å². The minimum Gasteiger partial charge on any atom is -0.321 e. The third-order valence-electron chi connectivity index (χ3n) is 1.91. The van der Waals surface area contributed by atoms with Gasteiger partial charge in [-0.25, -0.2) is 0 Å². The van der Waals surface area contributed by atoms with Crippen molar-refractivity contribution in [2.75, 3.05) is 0 Å². The molecule has 0 unspecified atom stereocenters. The van der Waals surface area contributed by atoms with Gasteiger partial charge in [0, 0.05) is 12.3 Å². The highest BCUT2D eigenvalue weighted by molar-refractivity contribution is 5.73. The van der Waals surface area contributed by atoms with Gasteiger partial charge in [0.05, 0.1) is 11.0 Å². The molecule has 0 atom stereocenters. The Morgan fingerprint density at radius 3 is 3.08 bits per heavy atom. The lowest BCUT2D eigenvalue weighted by molar-refractivity contribution is 1.20. The number of H-pyrrole nitrogens is 1. The first kappa shape index (κ1) is 7.98. The summed E-state index contributed by atoms with van der Waals surface area (Å²) in [4.78, 5) is 17.9. The van der Waals surface area contributed by atoms with Crippen molar-refractivity contribution in [2.24, 2.45) is 0 Å². The monoisotopic (exact) mass is 173 g/mol. The van der Waals surface area contributed by atoms with Crippen LogP contribution in [0.1, 0.15) is 5.56 Å². The van der Waals surface area contributed by atoms with Crippen LogP contribution in [0.5, 0.6) is 0 Å². The molecule has 65 valence electrons. The summed E-state index contributed by atoms with van der Waals surface area (Å²) in [5.74, 6) is 0. The molecule has 0 aliphatic rings. The molecule has 0 amide bonds. The van der Waals surface area contributed by atoms with Crippen LogP contribution in [0.25, 0.3) is 11.0 Å². The van der Waals surface area contributed by atoms with Crippen molar-refractivity contribution in [3.05, 3.63) is 47.2 Å². The second-order valence-corrected chi connectivity index (χ2v) is 2.85. The second-order valence-electron chi connectivity index (χ2n) is 2.85. The second kappa shape index (κ2) is 3.01. The van der Waals surface area contributed by atoms with E-state index in [0.29, 0.717) is 6.42 Å². The summed E-state index contributed by atoms with van der Waals surface area (Å²) in [6.45, 7) is 3.75. The molecule has 0 aliphatic carbocycles. The molecule has 0 aromatic carbocycles. The van der Waals surface area contributed by atoms with Gasteiger partial charge in [-0.05, 0) is 31.0 Å². The van der Waals surface area contributed by atoms with E-state index in [4.69, 9.17) is 0 Å². The lowest BCUT2D eigenvalue weighted by Crippen LogP contribution is -2.03. The van der Waals surface area contributed by atoms with E-state index in [1.165, 1.54) is 6.07 Å². The number of nitrogens with zero attached hydrogens (tertiary/aromatic N) is 1. The fraction of sp³-hybridized carbons (Fsp3) is 0.100. The average Bonchev–Trinajstić information content (AvgIpc) is 2.16. The van der Waals surface area contributed by atoms with Crippen molar-refractivity contribution in [3.63, 3.8) is 0 Å². The van der Waals surface area contributed by atoms with Gasteiger partial charge in [-0.15, -0.1) is 0 Å². The van der Waals surface area contributed by atoms with E-state index in [1.807, 2.05) is 6.07 Å². The Balaban J connectivity index is 2.75. The van der Waals surface area contributed by atoms with Crippen LogP contribution >= 0.6 is 0 Å². The van der Waals surface area contributed by atoms with Gasteiger partial charge in [-0.3, -0.25) is 9.78 Å². The number of pyridine rings is 2. The quantitative estimate of drug-likeness (QED) is 0.706. The topological polar surface area (TPSA) is 45.8 Å². The molecular formula is C10H9N2O. The van der Waals surface area contributed by atoms with Crippen molar-refractivity contribution in [3.8, 4) is 0 Å². The zero-order valence-electron chi connectivity index (χ0n) is 7.08. The van der Waals surface area contributed by atoms with Crippen LogP contribution in [-0.2, 0) is 6.42 Å². The molecule has 13 heavy (non-hydrogen) atoms. The van der Waals surface area contributed by atoms with E-state index in [9.17, 15) is 4.79 Å². The zero-order chi connectivity index (χ0) is 9.26. The van der Waals surface area contributed by atoms with E-state index >= 15 is 0 Å². The van der Waals surface area contributed by atoms with E-state index in [1.54, 1.807) is 12.3 Å². The van der Waals surface area contributed by atoms with Crippen LogP contribution in [0, 0.1) is 6.92 Å². The van der Waals surface area contributed by atoms with E-state index in [2.05, 4.69) is 16.9 Å². The number of rotatable bonds is 1. The van der Waals surface area contributed by atoms with E-state index in [-0.39, 0.29) is 5.56 Å². The van der Waals surface area contributed by atoms with Crippen molar-refractivity contribution < 1.29 is 0 Å². The molecule has 0 saturated heterocycles. The largest absolute Gasteiger partial charge is 0.321 e. The standard InChI is InChI=1S/C10H9N2O/c1-2-7-5-9-8(11-6-7)3-4-10(13)12-9/h3-6H,1-2H2,(H,12,13). The maximum absolute atomic E-state index is 11.0. The Labute approximate surface area is 75.4 Å². The lowest BCUT2D eigenvalue weighted by Gasteiger charge is -1.98. The molecule has 2 heterocycles.